The van der Waals surface area contributed by atoms with Crippen molar-refractivity contribution in [1.29, 1.82) is 0 Å². The molecule has 0 aromatic heterocycles. The van der Waals surface area contributed by atoms with E-state index in [2.05, 4.69) is 45.9 Å². The van der Waals surface area contributed by atoms with E-state index in [0.29, 0.717) is 5.75 Å². The molecule has 0 aliphatic carbocycles. The van der Waals surface area contributed by atoms with Gasteiger partial charge in [-0.1, -0.05) is 85.1 Å². The lowest BCUT2D eigenvalue weighted by molar-refractivity contribution is 0.474. The molecule has 4 heteroatoms. The van der Waals surface area contributed by atoms with Crippen LogP contribution in [0.5, 0.6) is 5.75 Å². The van der Waals surface area contributed by atoms with Crippen LogP contribution in [-0.4, -0.2) is 29.8 Å². The van der Waals surface area contributed by atoms with Gasteiger partial charge < -0.3 is 5.11 Å². The Balaban J connectivity index is 0.00000961. The van der Waals surface area contributed by atoms with Crippen LogP contribution < -0.4 is 0 Å². The number of rotatable bonds is 20. The van der Waals surface area contributed by atoms with Gasteiger partial charge in [-0.15, -0.1) is 15.8 Å². The van der Waals surface area contributed by atoms with Crippen LogP contribution in [0.4, 0.5) is 0 Å². The maximum atomic E-state index is 10.5. The van der Waals surface area contributed by atoms with Crippen LogP contribution in [0.15, 0.2) is 18.2 Å². The molecule has 0 saturated carbocycles. The second-order valence-corrected chi connectivity index (χ2v) is 14.5. The van der Waals surface area contributed by atoms with Crippen molar-refractivity contribution in [2.75, 3.05) is 24.6 Å². The van der Waals surface area contributed by atoms with Crippen molar-refractivity contribution < 1.29 is 5.11 Å². The summed E-state index contributed by atoms with van der Waals surface area (Å²) < 4.78 is 0. The van der Waals surface area contributed by atoms with E-state index < -0.39 is 0 Å². The maximum Gasteiger partial charge on any atom is 0.116 e. The minimum Gasteiger partial charge on any atom is -0.508 e. The minimum atomic E-state index is 0. The van der Waals surface area contributed by atoms with Crippen LogP contribution in [0.3, 0.4) is 0 Å². The van der Waals surface area contributed by atoms with E-state index in [1.165, 1.54) is 125 Å². The molecule has 0 aliphatic heterocycles. The predicted molar refractivity (Wildman–Crippen MR) is 158 cm³/mol. The Kier molecular flexibility index (Phi) is 22.0. The standard InChI is InChI=1S/C28H52OP2.H3P/c1-5-9-13-17-30(18-14-10-6-2)24-26-21-27(23-28(29)22-26)25-31(19-15-11-7-3)20-16-12-8-4;/h21-23,29H,5-20,24-25H2,1-4H3;1H3. The van der Waals surface area contributed by atoms with Gasteiger partial charge in [0.15, 0.2) is 0 Å². The molecule has 32 heavy (non-hydrogen) atoms. The van der Waals surface area contributed by atoms with Crippen molar-refractivity contribution in [2.45, 2.75) is 117 Å². The summed E-state index contributed by atoms with van der Waals surface area (Å²) >= 11 is 0. The molecule has 0 bridgehead atoms. The number of hydrogen-bond donors (Lipinski definition) is 1. The normalized spacial score (nSPS) is 11.3. The second-order valence-electron chi connectivity index (χ2n) is 9.39. The monoisotopic (exact) mass is 500 g/mol. The van der Waals surface area contributed by atoms with Gasteiger partial charge in [0.25, 0.3) is 0 Å². The van der Waals surface area contributed by atoms with Crippen LogP contribution in [0.2, 0.25) is 0 Å². The summed E-state index contributed by atoms with van der Waals surface area (Å²) in [6, 6.07) is 6.59. The molecule has 0 spiro atoms. The summed E-state index contributed by atoms with van der Waals surface area (Å²) in [6.07, 6.45) is 24.4. The summed E-state index contributed by atoms with van der Waals surface area (Å²) in [4.78, 5) is 0. The highest BCUT2D eigenvalue weighted by Crippen LogP contribution is 2.45. The summed E-state index contributed by atoms with van der Waals surface area (Å²) in [7, 11) is 0.131. The Morgan fingerprint density at radius 2 is 0.844 bits per heavy atom. The first-order chi connectivity index (χ1) is 15.1. The van der Waals surface area contributed by atoms with Crippen molar-refractivity contribution in [3.8, 4) is 5.75 Å². The summed E-state index contributed by atoms with van der Waals surface area (Å²) in [6.45, 7) is 9.22. The first kappa shape index (κ1) is 32.3. The Hall–Kier alpha value is 0.310. The molecule has 1 rings (SSSR count). The van der Waals surface area contributed by atoms with Crippen LogP contribution in [0.1, 0.15) is 116 Å². The first-order valence-corrected chi connectivity index (χ1v) is 17.2. The molecule has 1 atom stereocenters. The van der Waals surface area contributed by atoms with E-state index in [0.717, 1.165) is 0 Å². The molecule has 1 unspecified atom stereocenters. The van der Waals surface area contributed by atoms with Crippen LogP contribution in [0, 0.1) is 0 Å². The second kappa shape index (κ2) is 21.8. The van der Waals surface area contributed by atoms with E-state index >= 15 is 0 Å². The average Bonchev–Trinajstić information content (AvgIpc) is 2.73. The van der Waals surface area contributed by atoms with E-state index in [9.17, 15) is 5.11 Å². The Bertz CT molecular complexity index is 485. The zero-order valence-corrected chi connectivity index (χ0v) is 25.2. The highest BCUT2D eigenvalue weighted by atomic mass is 31.1. The lowest BCUT2D eigenvalue weighted by Gasteiger charge is -2.21. The zero-order valence-electron chi connectivity index (χ0n) is 22.0. The Morgan fingerprint density at radius 3 is 1.12 bits per heavy atom. The molecule has 0 aliphatic rings. The quantitative estimate of drug-likeness (QED) is 0.139. The largest absolute Gasteiger partial charge is 0.508 e. The van der Waals surface area contributed by atoms with Gasteiger partial charge in [0, 0.05) is 0 Å². The summed E-state index contributed by atoms with van der Waals surface area (Å²) in [5, 5.41) is 10.5. The van der Waals surface area contributed by atoms with Crippen molar-refractivity contribution in [3.05, 3.63) is 29.3 Å². The molecule has 1 aromatic rings. The van der Waals surface area contributed by atoms with E-state index in [1.54, 1.807) is 0 Å². The first-order valence-electron chi connectivity index (χ1n) is 13.4. The average molecular weight is 501 g/mol. The highest BCUT2D eigenvalue weighted by molar-refractivity contribution is 7.57. The third-order valence-electron chi connectivity index (χ3n) is 6.16. The topological polar surface area (TPSA) is 20.2 Å². The van der Waals surface area contributed by atoms with Gasteiger partial charge in [0.1, 0.15) is 5.75 Å². The van der Waals surface area contributed by atoms with Crippen LogP contribution in [0.25, 0.3) is 0 Å². The maximum absolute atomic E-state index is 10.5. The van der Waals surface area contributed by atoms with Gasteiger partial charge >= 0.3 is 0 Å². The highest BCUT2D eigenvalue weighted by Gasteiger charge is 2.13. The minimum absolute atomic E-state index is 0. The van der Waals surface area contributed by atoms with Gasteiger partial charge in [-0.2, -0.15) is 9.90 Å². The molecule has 0 saturated heterocycles. The van der Waals surface area contributed by atoms with Crippen LogP contribution in [-0.2, 0) is 12.3 Å². The fourth-order valence-corrected chi connectivity index (χ4v) is 9.48. The molecule has 1 nitrogen and oxygen atoms in total. The SMILES string of the molecule is CCCCCP(CCCCC)Cc1cc(O)cc(CP(CCCCC)CCCCC)c1.P. The van der Waals surface area contributed by atoms with Crippen molar-refractivity contribution in [2.24, 2.45) is 0 Å². The number of benzene rings is 1. The third-order valence-corrected chi connectivity index (χ3v) is 11.6. The van der Waals surface area contributed by atoms with Gasteiger partial charge in [0.05, 0.1) is 0 Å². The van der Waals surface area contributed by atoms with Gasteiger partial charge in [-0.05, 0) is 85.9 Å². The third kappa shape index (κ3) is 16.0. The van der Waals surface area contributed by atoms with E-state index in [-0.39, 0.29) is 25.7 Å². The fraction of sp³-hybridized carbons (Fsp3) is 0.786. The number of hydrogen-bond acceptors (Lipinski definition) is 1. The zero-order chi connectivity index (χ0) is 22.7. The molecule has 0 amide bonds. The molecule has 1 aromatic carbocycles. The Morgan fingerprint density at radius 1 is 0.531 bits per heavy atom. The summed E-state index contributed by atoms with van der Waals surface area (Å²) in [5.41, 5.74) is 2.82. The fourth-order valence-electron chi connectivity index (χ4n) is 4.32. The Labute approximate surface area is 207 Å². The molecule has 1 N–H and O–H groups in total. The number of phenols is 1. The number of unbranched alkanes of at least 4 members (excludes halogenated alkanes) is 8. The van der Waals surface area contributed by atoms with Gasteiger partial charge in [0.2, 0.25) is 0 Å². The number of aromatic hydroxyl groups is 1. The van der Waals surface area contributed by atoms with E-state index in [4.69, 9.17) is 0 Å². The number of phenolic OH excluding ortho intramolecular Hbond substituents is 1. The van der Waals surface area contributed by atoms with Crippen LogP contribution >= 0.6 is 25.7 Å². The molecule has 0 heterocycles. The lowest BCUT2D eigenvalue weighted by Crippen LogP contribution is -1.98. The van der Waals surface area contributed by atoms with Gasteiger partial charge in [-0.3, -0.25) is 0 Å². The molecule has 188 valence electrons. The van der Waals surface area contributed by atoms with Crippen molar-refractivity contribution >= 4 is 25.7 Å². The molecule has 0 radical (unpaired) electrons. The van der Waals surface area contributed by atoms with Crippen molar-refractivity contribution in [3.63, 3.8) is 0 Å². The smallest absolute Gasteiger partial charge is 0.116 e. The van der Waals surface area contributed by atoms with Crippen molar-refractivity contribution in [1.82, 2.24) is 0 Å². The molecular weight excluding hydrogens is 445 g/mol. The molecule has 0 fully saturated rings. The lowest BCUT2D eigenvalue weighted by atomic mass is 10.1. The van der Waals surface area contributed by atoms with E-state index in [1.807, 2.05) is 0 Å². The molecular formula is C28H55OP3. The summed E-state index contributed by atoms with van der Waals surface area (Å²) in [5.74, 6) is 0.502. The van der Waals surface area contributed by atoms with Gasteiger partial charge in [-0.25, -0.2) is 0 Å². The predicted octanol–water partition coefficient (Wildman–Crippen LogP) is 10.2.